The molecule has 2 aromatic carbocycles. The van der Waals surface area contributed by atoms with E-state index in [0.717, 1.165) is 27.8 Å². The van der Waals surface area contributed by atoms with E-state index in [4.69, 9.17) is 11.6 Å². The molecule has 29 heavy (non-hydrogen) atoms. The van der Waals surface area contributed by atoms with Crippen LogP contribution in [0.2, 0.25) is 5.02 Å². The Bertz CT molecular complexity index is 1090. The molecule has 3 aromatic rings. The van der Waals surface area contributed by atoms with Gasteiger partial charge in [0.25, 0.3) is 5.91 Å². The second-order valence-electron chi connectivity index (χ2n) is 6.19. The number of carbonyl (C=O) groups excluding carboxylic acids is 1. The summed E-state index contributed by atoms with van der Waals surface area (Å²) < 4.78 is 41.2. The van der Waals surface area contributed by atoms with Crippen LogP contribution < -0.4 is 5.01 Å². The summed E-state index contributed by atoms with van der Waals surface area (Å²) in [6.07, 6.45) is -3.77. The minimum atomic E-state index is -4.77. The number of rotatable bonds is 4. The number of hydrazone groups is 1. The Morgan fingerprint density at radius 3 is 2.59 bits per heavy atom. The molecule has 0 radical (unpaired) electrons. The third kappa shape index (κ3) is 4.01. The standard InChI is InChI=1S/C19H12ClF3N4OS/c20-12-7-5-11(6-8-12)9-24-10-13-16(19(21,22)23)26-27(17(13)28)18-25-14-3-1-2-4-15(14)29-18/h1-8,10,13H,9H2. The third-order valence-corrected chi connectivity index (χ3v) is 5.44. The number of hydrogen-bond acceptors (Lipinski definition) is 5. The Morgan fingerprint density at radius 1 is 1.17 bits per heavy atom. The normalized spacial score (nSPS) is 17.5. The summed E-state index contributed by atoms with van der Waals surface area (Å²) in [5.74, 6) is -2.45. The van der Waals surface area contributed by atoms with Crippen LogP contribution in [-0.4, -0.2) is 29.0 Å². The predicted molar refractivity (Wildman–Crippen MR) is 108 cm³/mol. The number of amides is 1. The number of para-hydroxylation sites is 1. The topological polar surface area (TPSA) is 57.9 Å². The highest BCUT2D eigenvalue weighted by atomic mass is 35.5. The maximum Gasteiger partial charge on any atom is 0.432 e. The smallest absolute Gasteiger partial charge is 0.292 e. The summed E-state index contributed by atoms with van der Waals surface area (Å²) in [5, 5.41) is 4.89. The number of benzene rings is 2. The SMILES string of the molecule is O=C1C(C=NCc2ccc(Cl)cc2)C(C(F)(F)F)=NN1c1nc2ccccc2s1. The first-order valence-corrected chi connectivity index (χ1v) is 9.62. The summed E-state index contributed by atoms with van der Waals surface area (Å²) >= 11 is 6.90. The maximum atomic E-state index is 13.5. The lowest BCUT2D eigenvalue weighted by atomic mass is 10.0. The molecule has 0 saturated heterocycles. The van der Waals surface area contributed by atoms with Gasteiger partial charge in [0.15, 0.2) is 5.71 Å². The number of hydrogen-bond donors (Lipinski definition) is 0. The molecule has 0 fully saturated rings. The Hall–Kier alpha value is -2.78. The van der Waals surface area contributed by atoms with Crippen molar-refractivity contribution in [2.24, 2.45) is 16.0 Å². The van der Waals surface area contributed by atoms with Gasteiger partial charge in [-0.1, -0.05) is 47.2 Å². The van der Waals surface area contributed by atoms with Crippen molar-refractivity contribution in [3.63, 3.8) is 0 Å². The Morgan fingerprint density at radius 2 is 1.90 bits per heavy atom. The average Bonchev–Trinajstić information content (AvgIpc) is 3.24. The number of aromatic nitrogens is 1. The number of alkyl halides is 3. The molecule has 2 heterocycles. The van der Waals surface area contributed by atoms with Gasteiger partial charge in [-0.15, -0.1) is 0 Å². The molecule has 0 bridgehead atoms. The average molecular weight is 437 g/mol. The van der Waals surface area contributed by atoms with Gasteiger partial charge in [0, 0.05) is 11.2 Å². The fourth-order valence-electron chi connectivity index (χ4n) is 2.78. The van der Waals surface area contributed by atoms with Crippen molar-refractivity contribution in [2.45, 2.75) is 12.7 Å². The highest BCUT2D eigenvalue weighted by molar-refractivity contribution is 7.22. The largest absolute Gasteiger partial charge is 0.432 e. The highest BCUT2D eigenvalue weighted by Gasteiger charge is 2.50. The van der Waals surface area contributed by atoms with Crippen LogP contribution in [0.1, 0.15) is 5.56 Å². The zero-order valence-corrected chi connectivity index (χ0v) is 16.2. The molecule has 1 aliphatic heterocycles. The monoisotopic (exact) mass is 436 g/mol. The molecule has 4 rings (SSSR count). The lowest BCUT2D eigenvalue weighted by molar-refractivity contribution is -0.119. The first-order valence-electron chi connectivity index (χ1n) is 8.42. The second-order valence-corrected chi connectivity index (χ2v) is 7.64. The highest BCUT2D eigenvalue weighted by Crippen LogP contribution is 2.35. The number of carbonyl (C=O) groups is 1. The zero-order chi connectivity index (χ0) is 20.6. The van der Waals surface area contributed by atoms with E-state index in [0.29, 0.717) is 15.5 Å². The van der Waals surface area contributed by atoms with Crippen molar-refractivity contribution in [3.05, 3.63) is 59.1 Å². The molecular weight excluding hydrogens is 425 g/mol. The summed E-state index contributed by atoms with van der Waals surface area (Å²) in [4.78, 5) is 20.9. The van der Waals surface area contributed by atoms with Crippen LogP contribution >= 0.6 is 22.9 Å². The number of nitrogens with zero attached hydrogens (tertiary/aromatic N) is 4. The van der Waals surface area contributed by atoms with Crippen molar-refractivity contribution in [1.82, 2.24) is 4.98 Å². The maximum absolute atomic E-state index is 13.5. The molecule has 1 aliphatic rings. The molecule has 0 aliphatic carbocycles. The van der Waals surface area contributed by atoms with Gasteiger partial charge in [-0.3, -0.25) is 9.79 Å². The van der Waals surface area contributed by atoms with Crippen molar-refractivity contribution >= 4 is 56.1 Å². The fraction of sp³-hybridized carbons (Fsp3) is 0.158. The van der Waals surface area contributed by atoms with Crippen LogP contribution in [0, 0.1) is 5.92 Å². The molecule has 1 atom stereocenters. The van der Waals surface area contributed by atoms with Crippen molar-refractivity contribution in [3.8, 4) is 0 Å². The van der Waals surface area contributed by atoms with E-state index in [1.807, 2.05) is 0 Å². The third-order valence-electron chi connectivity index (χ3n) is 4.17. The van der Waals surface area contributed by atoms with Gasteiger partial charge in [-0.05, 0) is 29.8 Å². The summed E-state index contributed by atoms with van der Waals surface area (Å²) in [6, 6.07) is 13.8. The molecule has 1 amide bonds. The van der Waals surface area contributed by atoms with E-state index in [1.54, 1.807) is 48.5 Å². The Balaban J connectivity index is 1.61. The van der Waals surface area contributed by atoms with Crippen LogP contribution in [0.15, 0.2) is 58.6 Å². The van der Waals surface area contributed by atoms with E-state index in [9.17, 15) is 18.0 Å². The van der Waals surface area contributed by atoms with E-state index in [2.05, 4.69) is 15.1 Å². The zero-order valence-electron chi connectivity index (χ0n) is 14.6. The predicted octanol–water partition coefficient (Wildman–Crippen LogP) is 5.10. The molecule has 0 saturated carbocycles. The summed E-state index contributed by atoms with van der Waals surface area (Å²) in [6.45, 7) is 0.118. The number of halogens is 4. The van der Waals surface area contributed by atoms with Crippen LogP contribution in [0.5, 0.6) is 0 Å². The quantitative estimate of drug-likeness (QED) is 0.534. The fourth-order valence-corrected chi connectivity index (χ4v) is 3.83. The molecule has 5 nitrogen and oxygen atoms in total. The van der Waals surface area contributed by atoms with Crippen LogP contribution in [0.3, 0.4) is 0 Å². The molecule has 1 unspecified atom stereocenters. The van der Waals surface area contributed by atoms with Crippen molar-refractivity contribution in [1.29, 1.82) is 0 Å². The van der Waals surface area contributed by atoms with E-state index in [1.165, 1.54) is 0 Å². The van der Waals surface area contributed by atoms with Gasteiger partial charge in [0.2, 0.25) is 5.13 Å². The van der Waals surface area contributed by atoms with Gasteiger partial charge < -0.3 is 0 Å². The Kier molecular flexibility index (Phi) is 5.10. The van der Waals surface area contributed by atoms with Gasteiger partial charge in [-0.25, -0.2) is 4.98 Å². The minimum absolute atomic E-state index is 0.0894. The van der Waals surface area contributed by atoms with Gasteiger partial charge >= 0.3 is 6.18 Å². The van der Waals surface area contributed by atoms with E-state index in [-0.39, 0.29) is 11.7 Å². The molecule has 0 N–H and O–H groups in total. The van der Waals surface area contributed by atoms with E-state index >= 15 is 0 Å². The molecule has 0 spiro atoms. The number of fused-ring (bicyclic) bond motifs is 1. The molecule has 148 valence electrons. The van der Waals surface area contributed by atoms with Gasteiger partial charge in [0.1, 0.15) is 5.92 Å². The van der Waals surface area contributed by atoms with Crippen LogP contribution in [-0.2, 0) is 11.3 Å². The van der Waals surface area contributed by atoms with Crippen LogP contribution in [0.25, 0.3) is 10.2 Å². The first-order chi connectivity index (χ1) is 13.8. The Labute approximate surface area is 172 Å². The summed E-state index contributed by atoms with van der Waals surface area (Å²) in [7, 11) is 0. The van der Waals surface area contributed by atoms with Gasteiger partial charge in [-0.2, -0.15) is 23.3 Å². The van der Waals surface area contributed by atoms with Crippen molar-refractivity contribution < 1.29 is 18.0 Å². The lowest BCUT2D eigenvalue weighted by Gasteiger charge is -2.09. The van der Waals surface area contributed by atoms with Crippen molar-refractivity contribution in [2.75, 3.05) is 5.01 Å². The second kappa shape index (κ2) is 7.57. The molecular formula is C19H12ClF3N4OS. The first kappa shape index (κ1) is 19.5. The lowest BCUT2D eigenvalue weighted by Crippen LogP contribution is -2.34. The van der Waals surface area contributed by atoms with Crippen LogP contribution in [0.4, 0.5) is 18.3 Å². The molecule has 10 heteroatoms. The van der Waals surface area contributed by atoms with Gasteiger partial charge in [0.05, 0.1) is 16.8 Å². The molecule has 1 aromatic heterocycles. The minimum Gasteiger partial charge on any atom is -0.292 e. The number of thiazole rings is 1. The summed E-state index contributed by atoms with van der Waals surface area (Å²) in [5.41, 5.74) is 0.134. The number of anilines is 1. The number of aliphatic imine (C=N–C) groups is 1. The van der Waals surface area contributed by atoms with E-state index < -0.39 is 23.7 Å².